The smallest absolute Gasteiger partial charge is 0.325 e. The van der Waals surface area contributed by atoms with Crippen molar-refractivity contribution in [3.05, 3.63) is 0 Å². The Morgan fingerprint density at radius 1 is 1.62 bits per heavy atom. The molecule has 1 aliphatic heterocycles. The number of hydrogen-bond donors (Lipinski definition) is 2. The van der Waals surface area contributed by atoms with E-state index in [9.17, 15) is 9.59 Å². The third-order valence-corrected chi connectivity index (χ3v) is 1.93. The molecule has 0 radical (unpaired) electrons. The maximum atomic E-state index is 11.2. The molecule has 1 aliphatic rings. The van der Waals surface area contributed by atoms with Crippen LogP contribution in [0.4, 0.5) is 0 Å². The van der Waals surface area contributed by atoms with Gasteiger partial charge < -0.3 is 11.1 Å². The first-order valence-electron chi connectivity index (χ1n) is 4.23. The third kappa shape index (κ3) is 2.16. The molecule has 6 nitrogen and oxygen atoms in total. The van der Waals surface area contributed by atoms with Crippen molar-refractivity contribution in [2.45, 2.75) is 6.92 Å². The second-order valence-electron chi connectivity index (χ2n) is 2.77. The van der Waals surface area contributed by atoms with Crippen molar-refractivity contribution in [1.29, 1.82) is 0 Å². The average Bonchev–Trinajstić information content (AvgIpc) is 2.58. The van der Waals surface area contributed by atoms with E-state index >= 15 is 0 Å². The largest absolute Gasteiger partial charge is 0.361 e. The number of primary amides is 1. The van der Waals surface area contributed by atoms with Crippen LogP contribution in [0.3, 0.4) is 0 Å². The van der Waals surface area contributed by atoms with Crippen LogP contribution in [0.15, 0.2) is 0 Å². The van der Waals surface area contributed by atoms with Gasteiger partial charge in [0.15, 0.2) is 0 Å². The monoisotopic (exact) mass is 186 g/mol. The topological polar surface area (TPSA) is 78.7 Å². The summed E-state index contributed by atoms with van der Waals surface area (Å²) in [4.78, 5) is 21.9. The van der Waals surface area contributed by atoms with Gasteiger partial charge >= 0.3 is 11.8 Å². The Balaban J connectivity index is 2.60. The number of likely N-dealkylation sites (N-methyl/N-ethyl adjacent to an activating group) is 1. The molecule has 0 atom stereocenters. The van der Waals surface area contributed by atoms with Crippen LogP contribution < -0.4 is 11.1 Å². The number of hydrazine groups is 1. The van der Waals surface area contributed by atoms with Crippen LogP contribution in [-0.2, 0) is 9.59 Å². The minimum atomic E-state index is -0.909. The molecule has 0 aromatic carbocycles. The van der Waals surface area contributed by atoms with Crippen LogP contribution in [-0.4, -0.2) is 48.1 Å². The van der Waals surface area contributed by atoms with Gasteiger partial charge in [0, 0.05) is 19.6 Å². The molecular weight excluding hydrogens is 172 g/mol. The molecular formula is C7H14N4O2. The molecule has 13 heavy (non-hydrogen) atoms. The van der Waals surface area contributed by atoms with Gasteiger partial charge in [0.2, 0.25) is 0 Å². The van der Waals surface area contributed by atoms with E-state index in [4.69, 9.17) is 5.73 Å². The Labute approximate surface area is 76.6 Å². The summed E-state index contributed by atoms with van der Waals surface area (Å²) in [5, 5.41) is 6.20. The number of hydrogen-bond acceptors (Lipinski definition) is 4. The molecule has 1 heterocycles. The standard InChI is InChI=1S/C7H14N4O2/c1-2-11(7(13)6(8)12)10-4-3-9-5-10/h9H,2-5H2,1H3,(H2,8,12). The number of nitrogens with one attached hydrogen (secondary N) is 1. The Hall–Kier alpha value is -1.14. The second-order valence-corrected chi connectivity index (χ2v) is 2.77. The second kappa shape index (κ2) is 4.20. The molecule has 6 heteroatoms. The SMILES string of the molecule is CCN(C(=O)C(N)=O)N1CCNC1. The highest BCUT2D eigenvalue weighted by atomic mass is 16.2. The molecule has 74 valence electrons. The van der Waals surface area contributed by atoms with Crippen LogP contribution >= 0.6 is 0 Å². The summed E-state index contributed by atoms with van der Waals surface area (Å²) in [6.45, 7) is 4.41. The van der Waals surface area contributed by atoms with Crippen molar-refractivity contribution in [1.82, 2.24) is 15.3 Å². The van der Waals surface area contributed by atoms with E-state index in [0.29, 0.717) is 13.2 Å². The zero-order valence-electron chi connectivity index (χ0n) is 7.62. The van der Waals surface area contributed by atoms with Crippen molar-refractivity contribution in [2.24, 2.45) is 5.73 Å². The zero-order valence-corrected chi connectivity index (χ0v) is 7.62. The highest BCUT2D eigenvalue weighted by Crippen LogP contribution is 2.00. The zero-order chi connectivity index (χ0) is 9.84. The first-order chi connectivity index (χ1) is 6.16. The summed E-state index contributed by atoms with van der Waals surface area (Å²) in [6, 6.07) is 0. The van der Waals surface area contributed by atoms with Gasteiger partial charge in [0.05, 0.1) is 6.67 Å². The number of nitrogens with zero attached hydrogens (tertiary/aromatic N) is 2. The Kier molecular flexibility index (Phi) is 3.21. The van der Waals surface area contributed by atoms with Gasteiger partial charge in [-0.1, -0.05) is 0 Å². The van der Waals surface area contributed by atoms with Gasteiger partial charge in [-0.25, -0.2) is 5.01 Å². The summed E-state index contributed by atoms with van der Waals surface area (Å²) in [7, 11) is 0. The maximum absolute atomic E-state index is 11.2. The first-order valence-corrected chi connectivity index (χ1v) is 4.23. The lowest BCUT2D eigenvalue weighted by Crippen LogP contribution is -2.50. The molecule has 1 rings (SSSR count). The number of carbonyl (C=O) groups excluding carboxylic acids is 2. The van der Waals surface area contributed by atoms with Crippen molar-refractivity contribution in [3.8, 4) is 0 Å². The molecule has 0 saturated carbocycles. The van der Waals surface area contributed by atoms with Crippen molar-refractivity contribution >= 4 is 11.8 Å². The molecule has 1 saturated heterocycles. The number of nitrogens with two attached hydrogens (primary N) is 1. The summed E-state index contributed by atoms with van der Waals surface area (Å²) in [6.07, 6.45) is 0. The highest BCUT2D eigenvalue weighted by Gasteiger charge is 2.25. The molecule has 0 aromatic heterocycles. The highest BCUT2D eigenvalue weighted by molar-refractivity contribution is 6.34. The van der Waals surface area contributed by atoms with Crippen LogP contribution in [0.1, 0.15) is 6.92 Å². The van der Waals surface area contributed by atoms with Crippen molar-refractivity contribution < 1.29 is 9.59 Å². The van der Waals surface area contributed by atoms with Crippen molar-refractivity contribution in [3.63, 3.8) is 0 Å². The number of rotatable bonds is 2. The van der Waals surface area contributed by atoms with Crippen LogP contribution in [0.2, 0.25) is 0 Å². The molecule has 0 bridgehead atoms. The summed E-state index contributed by atoms with van der Waals surface area (Å²) < 4.78 is 0. The summed E-state index contributed by atoms with van der Waals surface area (Å²) in [5.41, 5.74) is 4.90. The Morgan fingerprint density at radius 3 is 2.69 bits per heavy atom. The third-order valence-electron chi connectivity index (χ3n) is 1.93. The minimum Gasteiger partial charge on any atom is -0.361 e. The lowest BCUT2D eigenvalue weighted by atomic mass is 10.5. The molecule has 0 unspecified atom stereocenters. The fourth-order valence-corrected chi connectivity index (χ4v) is 1.30. The van der Waals surface area contributed by atoms with Crippen molar-refractivity contribution in [2.75, 3.05) is 26.3 Å². The summed E-state index contributed by atoms with van der Waals surface area (Å²) in [5.74, 6) is -1.56. The van der Waals surface area contributed by atoms with E-state index < -0.39 is 11.8 Å². The molecule has 1 fully saturated rings. The molecule has 2 amide bonds. The average molecular weight is 186 g/mol. The van der Waals surface area contributed by atoms with Gasteiger partial charge in [-0.05, 0) is 6.92 Å². The predicted molar refractivity (Wildman–Crippen MR) is 46.2 cm³/mol. The fraction of sp³-hybridized carbons (Fsp3) is 0.714. The summed E-state index contributed by atoms with van der Waals surface area (Å²) >= 11 is 0. The first kappa shape index (κ1) is 9.94. The van der Waals surface area contributed by atoms with E-state index in [1.54, 1.807) is 11.9 Å². The molecule has 0 spiro atoms. The Bertz CT molecular complexity index is 213. The van der Waals surface area contributed by atoms with E-state index in [1.807, 2.05) is 0 Å². The van der Waals surface area contributed by atoms with Gasteiger partial charge in [0.1, 0.15) is 0 Å². The normalized spacial score (nSPS) is 17.3. The maximum Gasteiger partial charge on any atom is 0.325 e. The number of carbonyl (C=O) groups is 2. The molecule has 0 aliphatic carbocycles. The lowest BCUT2D eigenvalue weighted by Gasteiger charge is -2.28. The van der Waals surface area contributed by atoms with Crippen LogP contribution in [0.5, 0.6) is 0 Å². The van der Waals surface area contributed by atoms with E-state index in [-0.39, 0.29) is 0 Å². The van der Waals surface area contributed by atoms with E-state index in [0.717, 1.165) is 13.1 Å². The number of amides is 2. The fourth-order valence-electron chi connectivity index (χ4n) is 1.30. The van der Waals surface area contributed by atoms with Gasteiger partial charge in [-0.15, -0.1) is 0 Å². The molecule has 0 aromatic rings. The van der Waals surface area contributed by atoms with E-state index in [2.05, 4.69) is 5.32 Å². The molecule has 3 N–H and O–H groups in total. The van der Waals surface area contributed by atoms with Crippen LogP contribution in [0.25, 0.3) is 0 Å². The van der Waals surface area contributed by atoms with Gasteiger partial charge in [-0.2, -0.15) is 0 Å². The quantitative estimate of drug-likeness (QED) is 0.494. The minimum absolute atomic E-state index is 0.462. The van der Waals surface area contributed by atoms with Gasteiger partial charge in [-0.3, -0.25) is 14.6 Å². The lowest BCUT2D eigenvalue weighted by molar-refractivity contribution is -0.155. The van der Waals surface area contributed by atoms with E-state index in [1.165, 1.54) is 5.01 Å². The Morgan fingerprint density at radius 2 is 2.31 bits per heavy atom. The predicted octanol–water partition coefficient (Wildman–Crippen LogP) is -1.90. The van der Waals surface area contributed by atoms with Gasteiger partial charge in [0.25, 0.3) is 0 Å². The van der Waals surface area contributed by atoms with Crippen LogP contribution in [0, 0.1) is 0 Å².